The van der Waals surface area contributed by atoms with Crippen LogP contribution in [0.5, 0.6) is 5.75 Å². The maximum absolute atomic E-state index is 12.4. The molecule has 3 rings (SSSR count). The van der Waals surface area contributed by atoms with Gasteiger partial charge in [0, 0.05) is 25.2 Å². The van der Waals surface area contributed by atoms with Gasteiger partial charge in [0.25, 0.3) is 5.91 Å². The molecule has 5 heteroatoms. The SMILES string of the molecule is CN1CCC(COc2cccnc2C(=O)NCc2ccccc2)C1. The Morgan fingerprint density at radius 1 is 1.29 bits per heavy atom. The summed E-state index contributed by atoms with van der Waals surface area (Å²) in [5, 5.41) is 2.90. The van der Waals surface area contributed by atoms with Crippen LogP contribution in [0.4, 0.5) is 0 Å². The van der Waals surface area contributed by atoms with Crippen LogP contribution in [0.1, 0.15) is 22.5 Å². The van der Waals surface area contributed by atoms with E-state index in [9.17, 15) is 4.79 Å². The third-order valence-electron chi connectivity index (χ3n) is 4.25. The number of likely N-dealkylation sites (tertiary alicyclic amines) is 1. The van der Waals surface area contributed by atoms with Crippen molar-refractivity contribution in [3.8, 4) is 5.75 Å². The smallest absolute Gasteiger partial charge is 0.274 e. The molecule has 1 atom stereocenters. The van der Waals surface area contributed by atoms with Gasteiger partial charge >= 0.3 is 0 Å². The second-order valence-electron chi connectivity index (χ2n) is 6.25. The van der Waals surface area contributed by atoms with Gasteiger partial charge in [0.15, 0.2) is 11.4 Å². The van der Waals surface area contributed by atoms with Crippen molar-refractivity contribution in [1.82, 2.24) is 15.2 Å². The first-order valence-corrected chi connectivity index (χ1v) is 8.31. The first-order chi connectivity index (χ1) is 11.7. The number of carbonyl (C=O) groups is 1. The number of aromatic nitrogens is 1. The Morgan fingerprint density at radius 3 is 2.88 bits per heavy atom. The van der Waals surface area contributed by atoms with Crippen LogP contribution in [0.25, 0.3) is 0 Å². The summed E-state index contributed by atoms with van der Waals surface area (Å²) in [5.74, 6) is 0.853. The third-order valence-corrected chi connectivity index (χ3v) is 4.25. The van der Waals surface area contributed by atoms with Crippen LogP contribution in [0.3, 0.4) is 0 Å². The van der Waals surface area contributed by atoms with Crippen LogP contribution < -0.4 is 10.1 Å². The van der Waals surface area contributed by atoms with Crippen molar-refractivity contribution in [3.63, 3.8) is 0 Å². The van der Waals surface area contributed by atoms with Gasteiger partial charge in [-0.2, -0.15) is 0 Å². The van der Waals surface area contributed by atoms with Gasteiger partial charge in [-0.05, 0) is 37.7 Å². The maximum atomic E-state index is 12.4. The molecule has 0 spiro atoms. The van der Waals surface area contributed by atoms with E-state index >= 15 is 0 Å². The minimum atomic E-state index is -0.210. The van der Waals surface area contributed by atoms with Crippen LogP contribution >= 0.6 is 0 Å². The lowest BCUT2D eigenvalue weighted by Gasteiger charge is -2.14. The van der Waals surface area contributed by atoms with E-state index in [1.807, 2.05) is 36.4 Å². The van der Waals surface area contributed by atoms with E-state index < -0.39 is 0 Å². The number of rotatable bonds is 6. The van der Waals surface area contributed by atoms with Crippen molar-refractivity contribution >= 4 is 5.91 Å². The summed E-state index contributed by atoms with van der Waals surface area (Å²) in [7, 11) is 2.12. The Balaban J connectivity index is 1.59. The highest BCUT2D eigenvalue weighted by molar-refractivity contribution is 5.94. The molecule has 1 aromatic heterocycles. The van der Waals surface area contributed by atoms with Crippen molar-refractivity contribution in [1.29, 1.82) is 0 Å². The Labute approximate surface area is 142 Å². The van der Waals surface area contributed by atoms with E-state index in [4.69, 9.17) is 4.74 Å². The number of benzene rings is 1. The molecule has 1 aromatic carbocycles. The highest BCUT2D eigenvalue weighted by atomic mass is 16.5. The predicted octanol–water partition coefficient (Wildman–Crippen LogP) is 2.34. The Hall–Kier alpha value is -2.40. The fourth-order valence-corrected chi connectivity index (χ4v) is 2.91. The zero-order valence-electron chi connectivity index (χ0n) is 13.9. The van der Waals surface area contributed by atoms with Gasteiger partial charge < -0.3 is 15.0 Å². The molecular formula is C19H23N3O2. The normalized spacial score (nSPS) is 17.6. The van der Waals surface area contributed by atoms with E-state index in [-0.39, 0.29) is 5.91 Å². The number of carbonyl (C=O) groups excluding carboxylic acids is 1. The van der Waals surface area contributed by atoms with Crippen LogP contribution in [0.15, 0.2) is 48.7 Å². The minimum Gasteiger partial charge on any atom is -0.491 e. The van der Waals surface area contributed by atoms with E-state index in [0.29, 0.717) is 30.5 Å². The number of hydrogen-bond acceptors (Lipinski definition) is 4. The molecule has 2 heterocycles. The first-order valence-electron chi connectivity index (χ1n) is 8.31. The van der Waals surface area contributed by atoms with E-state index in [2.05, 4.69) is 22.2 Å². The number of ether oxygens (including phenoxy) is 1. The third kappa shape index (κ3) is 4.32. The van der Waals surface area contributed by atoms with Crippen LogP contribution in [0, 0.1) is 5.92 Å². The molecular weight excluding hydrogens is 302 g/mol. The van der Waals surface area contributed by atoms with Gasteiger partial charge in [0.05, 0.1) is 6.61 Å². The second-order valence-corrected chi connectivity index (χ2v) is 6.25. The van der Waals surface area contributed by atoms with Gasteiger partial charge in [-0.3, -0.25) is 4.79 Å². The average molecular weight is 325 g/mol. The van der Waals surface area contributed by atoms with E-state index in [0.717, 1.165) is 25.1 Å². The highest BCUT2D eigenvalue weighted by Crippen LogP contribution is 2.20. The maximum Gasteiger partial charge on any atom is 0.274 e. The summed E-state index contributed by atoms with van der Waals surface area (Å²) >= 11 is 0. The summed E-state index contributed by atoms with van der Waals surface area (Å²) in [6.07, 6.45) is 2.75. The van der Waals surface area contributed by atoms with Crippen LogP contribution in [-0.2, 0) is 6.54 Å². The molecule has 5 nitrogen and oxygen atoms in total. The molecule has 126 valence electrons. The standard InChI is InChI=1S/C19H23N3O2/c1-22-11-9-16(13-22)14-24-17-8-5-10-20-18(17)19(23)21-12-15-6-3-2-4-7-15/h2-8,10,16H,9,11-14H2,1H3,(H,21,23). The Bertz CT molecular complexity index is 675. The second kappa shape index (κ2) is 7.93. The predicted molar refractivity (Wildman–Crippen MR) is 92.9 cm³/mol. The lowest BCUT2D eigenvalue weighted by Crippen LogP contribution is -2.25. The van der Waals surface area contributed by atoms with Crippen molar-refractivity contribution in [3.05, 3.63) is 59.9 Å². The first kappa shape index (κ1) is 16.5. The summed E-state index contributed by atoms with van der Waals surface area (Å²) in [6.45, 7) is 3.24. The number of pyridine rings is 1. The molecule has 24 heavy (non-hydrogen) atoms. The van der Waals surface area contributed by atoms with Gasteiger partial charge in [-0.1, -0.05) is 30.3 Å². The molecule has 1 fully saturated rings. The summed E-state index contributed by atoms with van der Waals surface area (Å²) in [6, 6.07) is 13.4. The zero-order chi connectivity index (χ0) is 16.8. The van der Waals surface area contributed by atoms with Gasteiger partial charge in [0.2, 0.25) is 0 Å². The Morgan fingerprint density at radius 2 is 2.12 bits per heavy atom. The molecule has 2 aromatic rings. The Kier molecular flexibility index (Phi) is 5.43. The van der Waals surface area contributed by atoms with E-state index in [1.54, 1.807) is 12.3 Å². The summed E-state index contributed by atoms with van der Waals surface area (Å²) < 4.78 is 5.89. The molecule has 1 aliphatic heterocycles. The lowest BCUT2D eigenvalue weighted by atomic mass is 10.1. The fourth-order valence-electron chi connectivity index (χ4n) is 2.91. The molecule has 1 aliphatic rings. The average Bonchev–Trinajstić information content (AvgIpc) is 3.04. The minimum absolute atomic E-state index is 0.210. The molecule has 0 saturated carbocycles. The molecule has 0 radical (unpaired) electrons. The van der Waals surface area contributed by atoms with Gasteiger partial charge in [-0.15, -0.1) is 0 Å². The number of amides is 1. The monoisotopic (exact) mass is 325 g/mol. The molecule has 0 aliphatic carbocycles. The van der Waals surface area contributed by atoms with E-state index in [1.165, 1.54) is 0 Å². The highest BCUT2D eigenvalue weighted by Gasteiger charge is 2.21. The topological polar surface area (TPSA) is 54.5 Å². The lowest BCUT2D eigenvalue weighted by molar-refractivity contribution is 0.0940. The van der Waals surface area contributed by atoms with Crippen molar-refractivity contribution in [2.24, 2.45) is 5.92 Å². The summed E-state index contributed by atoms with van der Waals surface area (Å²) in [4.78, 5) is 18.9. The molecule has 1 unspecified atom stereocenters. The van der Waals surface area contributed by atoms with Gasteiger partial charge in [-0.25, -0.2) is 4.98 Å². The van der Waals surface area contributed by atoms with Crippen molar-refractivity contribution in [2.75, 3.05) is 26.7 Å². The molecule has 1 N–H and O–H groups in total. The van der Waals surface area contributed by atoms with Gasteiger partial charge in [0.1, 0.15) is 0 Å². The molecule has 1 saturated heterocycles. The van der Waals surface area contributed by atoms with Crippen LogP contribution in [0.2, 0.25) is 0 Å². The molecule has 0 bridgehead atoms. The fraction of sp³-hybridized carbons (Fsp3) is 0.368. The largest absolute Gasteiger partial charge is 0.491 e. The zero-order valence-corrected chi connectivity index (χ0v) is 13.9. The number of nitrogens with zero attached hydrogens (tertiary/aromatic N) is 2. The number of nitrogens with one attached hydrogen (secondary N) is 1. The molecule has 1 amide bonds. The summed E-state index contributed by atoms with van der Waals surface area (Å²) in [5.41, 5.74) is 1.40. The quantitative estimate of drug-likeness (QED) is 0.886. The van der Waals surface area contributed by atoms with Crippen molar-refractivity contribution in [2.45, 2.75) is 13.0 Å². The van der Waals surface area contributed by atoms with Crippen molar-refractivity contribution < 1.29 is 9.53 Å². The van der Waals surface area contributed by atoms with Crippen LogP contribution in [-0.4, -0.2) is 42.5 Å². The number of hydrogen-bond donors (Lipinski definition) is 1.